The smallest absolute Gasteiger partial charge is 0.323 e. The lowest BCUT2D eigenvalue weighted by molar-refractivity contribution is -0.146. The number of carbonyl (C=O) groups is 2. The number of likely N-dealkylation sites (N-methyl/N-ethyl adjacent to an activating group) is 1. The first-order valence-electron chi connectivity index (χ1n) is 6.73. The van der Waals surface area contributed by atoms with Crippen LogP contribution in [-0.4, -0.2) is 61.0 Å². The summed E-state index contributed by atoms with van der Waals surface area (Å²) in [5, 5.41) is 0. The fourth-order valence-electron chi connectivity index (χ4n) is 2.39. The minimum atomic E-state index is -0.266. The molecule has 1 heterocycles. The summed E-state index contributed by atoms with van der Waals surface area (Å²) in [4.78, 5) is 27.5. The van der Waals surface area contributed by atoms with E-state index in [2.05, 4.69) is 6.58 Å². The molecule has 1 fully saturated rings. The highest BCUT2D eigenvalue weighted by molar-refractivity contribution is 5.81. The topological polar surface area (TPSA) is 49.9 Å². The van der Waals surface area contributed by atoms with Crippen LogP contribution in [0.1, 0.15) is 26.7 Å². The van der Waals surface area contributed by atoms with Crippen molar-refractivity contribution in [3.63, 3.8) is 0 Å². The Kier molecular flexibility index (Phi) is 6.02. The van der Waals surface area contributed by atoms with E-state index < -0.39 is 0 Å². The Balaban J connectivity index is 2.59. The Morgan fingerprint density at radius 3 is 2.68 bits per heavy atom. The SMILES string of the molecule is C=C(C)CN(CC)C(=O)CN1CCCC1C(=O)OC. The molecule has 1 atom stereocenters. The lowest BCUT2D eigenvalue weighted by Crippen LogP contribution is -2.45. The largest absolute Gasteiger partial charge is 0.468 e. The van der Waals surface area contributed by atoms with Crippen molar-refractivity contribution in [2.45, 2.75) is 32.7 Å². The fourth-order valence-corrected chi connectivity index (χ4v) is 2.39. The van der Waals surface area contributed by atoms with Crippen LogP contribution in [0, 0.1) is 0 Å². The quantitative estimate of drug-likeness (QED) is 0.534. The minimum Gasteiger partial charge on any atom is -0.468 e. The highest BCUT2D eigenvalue weighted by atomic mass is 16.5. The van der Waals surface area contributed by atoms with E-state index in [0.717, 1.165) is 25.0 Å². The molecule has 0 N–H and O–H groups in total. The van der Waals surface area contributed by atoms with Gasteiger partial charge in [-0.15, -0.1) is 0 Å². The molecule has 0 radical (unpaired) electrons. The molecule has 0 aromatic heterocycles. The molecule has 0 aromatic rings. The second kappa shape index (κ2) is 7.28. The van der Waals surface area contributed by atoms with Crippen LogP contribution in [-0.2, 0) is 14.3 Å². The van der Waals surface area contributed by atoms with Gasteiger partial charge in [-0.25, -0.2) is 0 Å². The number of methoxy groups -OCH3 is 1. The Morgan fingerprint density at radius 1 is 1.47 bits per heavy atom. The summed E-state index contributed by atoms with van der Waals surface area (Å²) in [7, 11) is 1.39. The molecule has 1 amide bonds. The zero-order valence-electron chi connectivity index (χ0n) is 12.1. The first-order valence-corrected chi connectivity index (χ1v) is 6.73. The molecule has 108 valence electrons. The Hall–Kier alpha value is -1.36. The summed E-state index contributed by atoms with van der Waals surface area (Å²) >= 11 is 0. The average Bonchev–Trinajstić information content (AvgIpc) is 2.82. The number of rotatable bonds is 6. The van der Waals surface area contributed by atoms with Crippen LogP contribution in [0.3, 0.4) is 0 Å². The molecule has 1 rings (SSSR count). The molecular formula is C14H24N2O3. The van der Waals surface area contributed by atoms with E-state index >= 15 is 0 Å². The van der Waals surface area contributed by atoms with Gasteiger partial charge in [0.05, 0.1) is 13.7 Å². The Morgan fingerprint density at radius 2 is 2.16 bits per heavy atom. The monoisotopic (exact) mass is 268 g/mol. The maximum Gasteiger partial charge on any atom is 0.323 e. The van der Waals surface area contributed by atoms with Gasteiger partial charge >= 0.3 is 5.97 Å². The molecule has 0 saturated carbocycles. The number of ether oxygens (including phenoxy) is 1. The lowest BCUT2D eigenvalue weighted by Gasteiger charge is -2.26. The molecule has 0 bridgehead atoms. The van der Waals surface area contributed by atoms with Crippen molar-refractivity contribution in [3.05, 3.63) is 12.2 Å². The summed E-state index contributed by atoms with van der Waals surface area (Å²) in [6.07, 6.45) is 1.70. The average molecular weight is 268 g/mol. The number of likely N-dealkylation sites (tertiary alicyclic amines) is 1. The number of nitrogens with zero attached hydrogens (tertiary/aromatic N) is 2. The molecular weight excluding hydrogens is 244 g/mol. The predicted molar refractivity (Wildman–Crippen MR) is 73.7 cm³/mol. The van der Waals surface area contributed by atoms with Crippen molar-refractivity contribution < 1.29 is 14.3 Å². The van der Waals surface area contributed by atoms with Crippen LogP contribution in [0.25, 0.3) is 0 Å². The van der Waals surface area contributed by atoms with E-state index in [4.69, 9.17) is 4.74 Å². The molecule has 19 heavy (non-hydrogen) atoms. The number of amides is 1. The van der Waals surface area contributed by atoms with Gasteiger partial charge in [-0.2, -0.15) is 0 Å². The van der Waals surface area contributed by atoms with Gasteiger partial charge in [-0.1, -0.05) is 12.2 Å². The maximum atomic E-state index is 12.2. The third kappa shape index (κ3) is 4.35. The number of esters is 1. The molecule has 1 unspecified atom stereocenters. The van der Waals surface area contributed by atoms with E-state index in [1.165, 1.54) is 7.11 Å². The molecule has 0 aliphatic carbocycles. The third-order valence-corrected chi connectivity index (χ3v) is 3.37. The van der Waals surface area contributed by atoms with Crippen molar-refractivity contribution >= 4 is 11.9 Å². The number of hydrogen-bond donors (Lipinski definition) is 0. The van der Waals surface area contributed by atoms with Crippen molar-refractivity contribution in [2.24, 2.45) is 0 Å². The predicted octanol–water partition coefficient (Wildman–Crippen LogP) is 1.05. The van der Waals surface area contributed by atoms with Crippen molar-refractivity contribution in [3.8, 4) is 0 Å². The van der Waals surface area contributed by atoms with Gasteiger partial charge in [0.1, 0.15) is 6.04 Å². The third-order valence-electron chi connectivity index (χ3n) is 3.37. The highest BCUT2D eigenvalue weighted by Crippen LogP contribution is 2.18. The molecule has 1 aliphatic heterocycles. The normalized spacial score (nSPS) is 19.2. The van der Waals surface area contributed by atoms with E-state index in [0.29, 0.717) is 13.1 Å². The number of hydrogen-bond acceptors (Lipinski definition) is 4. The van der Waals surface area contributed by atoms with Gasteiger partial charge in [0.15, 0.2) is 0 Å². The second-order valence-corrected chi connectivity index (χ2v) is 5.02. The Labute approximate surface area is 115 Å². The second-order valence-electron chi connectivity index (χ2n) is 5.02. The first-order chi connectivity index (χ1) is 8.99. The molecule has 0 aromatic carbocycles. The van der Waals surface area contributed by atoms with Crippen LogP contribution in [0.5, 0.6) is 0 Å². The standard InChI is InChI=1S/C14H24N2O3/c1-5-15(9-11(2)3)13(17)10-16-8-6-7-12(16)14(18)19-4/h12H,2,5-10H2,1,3-4H3. The van der Waals surface area contributed by atoms with Crippen LogP contribution in [0.15, 0.2) is 12.2 Å². The highest BCUT2D eigenvalue weighted by Gasteiger charge is 2.33. The van der Waals surface area contributed by atoms with Gasteiger partial charge in [-0.3, -0.25) is 14.5 Å². The molecule has 5 heteroatoms. The fraction of sp³-hybridized carbons (Fsp3) is 0.714. The zero-order chi connectivity index (χ0) is 14.4. The van der Waals surface area contributed by atoms with Crippen LogP contribution in [0.2, 0.25) is 0 Å². The summed E-state index contributed by atoms with van der Waals surface area (Å²) in [6.45, 7) is 9.97. The lowest BCUT2D eigenvalue weighted by atomic mass is 10.2. The van der Waals surface area contributed by atoms with Gasteiger partial charge in [-0.05, 0) is 33.2 Å². The van der Waals surface area contributed by atoms with Crippen molar-refractivity contribution in [1.82, 2.24) is 9.80 Å². The van der Waals surface area contributed by atoms with Gasteiger partial charge < -0.3 is 9.64 Å². The minimum absolute atomic E-state index is 0.0429. The van der Waals surface area contributed by atoms with Gasteiger partial charge in [0, 0.05) is 13.1 Å². The maximum absolute atomic E-state index is 12.2. The zero-order valence-corrected chi connectivity index (χ0v) is 12.1. The Bertz CT molecular complexity index is 355. The molecule has 0 spiro atoms. The molecule has 5 nitrogen and oxygen atoms in total. The van der Waals surface area contributed by atoms with Crippen LogP contribution in [0.4, 0.5) is 0 Å². The first kappa shape index (κ1) is 15.7. The number of carbonyl (C=O) groups excluding carboxylic acids is 2. The van der Waals surface area contributed by atoms with E-state index in [1.807, 2.05) is 18.7 Å². The summed E-state index contributed by atoms with van der Waals surface area (Å²) < 4.78 is 4.78. The van der Waals surface area contributed by atoms with Crippen molar-refractivity contribution in [2.75, 3.05) is 33.3 Å². The summed E-state index contributed by atoms with van der Waals surface area (Å²) in [5.41, 5.74) is 0.959. The molecule has 1 saturated heterocycles. The molecule has 1 aliphatic rings. The van der Waals surface area contributed by atoms with Crippen LogP contribution >= 0.6 is 0 Å². The van der Waals surface area contributed by atoms with E-state index in [1.54, 1.807) is 4.90 Å². The van der Waals surface area contributed by atoms with Crippen molar-refractivity contribution in [1.29, 1.82) is 0 Å². The van der Waals surface area contributed by atoms with E-state index in [9.17, 15) is 9.59 Å². The van der Waals surface area contributed by atoms with E-state index in [-0.39, 0.29) is 24.5 Å². The van der Waals surface area contributed by atoms with Gasteiger partial charge in [0.25, 0.3) is 0 Å². The summed E-state index contributed by atoms with van der Waals surface area (Å²) in [6, 6.07) is -0.266. The summed E-state index contributed by atoms with van der Waals surface area (Å²) in [5.74, 6) is -0.199. The van der Waals surface area contributed by atoms with Crippen LogP contribution < -0.4 is 0 Å². The van der Waals surface area contributed by atoms with Gasteiger partial charge in [0.2, 0.25) is 5.91 Å².